The van der Waals surface area contributed by atoms with Crippen LogP contribution in [0.4, 0.5) is 4.39 Å². The van der Waals surface area contributed by atoms with E-state index in [0.717, 1.165) is 59.1 Å². The number of imidazole rings is 1. The zero-order valence-corrected chi connectivity index (χ0v) is 20.5. The smallest absolute Gasteiger partial charge is 0.250 e. The van der Waals surface area contributed by atoms with Crippen molar-refractivity contribution >= 4 is 27.8 Å². The molecule has 2 aliphatic rings. The van der Waals surface area contributed by atoms with E-state index in [1.807, 2.05) is 35.9 Å². The fourth-order valence-corrected chi connectivity index (χ4v) is 5.25. The van der Waals surface area contributed by atoms with Crippen LogP contribution in [0.2, 0.25) is 0 Å². The molecular weight excluding hydrogens is 501 g/mol. The quantitative estimate of drug-likeness (QED) is 0.521. The van der Waals surface area contributed by atoms with E-state index in [-0.39, 0.29) is 12.4 Å². The van der Waals surface area contributed by atoms with Gasteiger partial charge in [0, 0.05) is 22.8 Å². The molecule has 1 saturated heterocycles. The van der Waals surface area contributed by atoms with Gasteiger partial charge in [0.15, 0.2) is 5.84 Å². The lowest BCUT2D eigenvalue weighted by atomic mass is 9.94. The molecule has 3 heterocycles. The summed E-state index contributed by atoms with van der Waals surface area (Å²) < 4.78 is 21.9. The number of hydrogen-bond acceptors (Lipinski definition) is 6. The summed E-state index contributed by atoms with van der Waals surface area (Å²) in [6, 6.07) is 10.6. The summed E-state index contributed by atoms with van der Waals surface area (Å²) in [6.07, 6.45) is 7.60. The average molecular weight is 526 g/mol. The van der Waals surface area contributed by atoms with Crippen LogP contribution >= 0.6 is 15.9 Å². The van der Waals surface area contributed by atoms with Crippen molar-refractivity contribution in [3.05, 3.63) is 81.6 Å². The van der Waals surface area contributed by atoms with Gasteiger partial charge in [0.1, 0.15) is 11.6 Å². The molecule has 3 aromatic rings. The number of rotatable bonds is 5. The number of halogens is 2. The second-order valence-electron chi connectivity index (χ2n) is 8.40. The predicted octanol–water partition coefficient (Wildman–Crippen LogP) is 4.73. The largest absolute Gasteiger partial charge is 0.495 e. The fourth-order valence-electron chi connectivity index (χ4n) is 4.59. The van der Waals surface area contributed by atoms with E-state index in [9.17, 15) is 4.39 Å². The van der Waals surface area contributed by atoms with Crippen LogP contribution in [-0.2, 0) is 10.6 Å². The van der Waals surface area contributed by atoms with Gasteiger partial charge in [-0.1, -0.05) is 27.2 Å². The molecule has 0 bridgehead atoms. The lowest BCUT2D eigenvalue weighted by Gasteiger charge is -2.39. The zero-order valence-electron chi connectivity index (χ0n) is 19.0. The number of amidine groups is 1. The van der Waals surface area contributed by atoms with Crippen LogP contribution in [0, 0.1) is 12.7 Å². The Morgan fingerprint density at radius 2 is 2.15 bits per heavy atom. The number of oxime groups is 1. The highest BCUT2D eigenvalue weighted by atomic mass is 79.9. The third-order valence-electron chi connectivity index (χ3n) is 6.25. The Balaban J connectivity index is 1.49. The van der Waals surface area contributed by atoms with Gasteiger partial charge in [0.25, 0.3) is 5.72 Å². The van der Waals surface area contributed by atoms with Crippen LogP contribution in [0.15, 0.2) is 64.1 Å². The Hall–Kier alpha value is -3.17. The standard InChI is InChI=1S/C25H25BrFN5O2/c1-16-13-31(15-29-16)22-8-5-17(11-23(22)33-2)10-18-4-3-9-32-24(18)30-34-25(32,14-28)20-7-6-19(27)12-21(20)26/h5-8,10-13,15H,3-4,9,14,28H2,1-2H3/t25-/m0/s1. The fraction of sp³-hybridized carbons (Fsp3) is 0.280. The van der Waals surface area contributed by atoms with Crippen LogP contribution in [0.1, 0.15) is 29.7 Å². The summed E-state index contributed by atoms with van der Waals surface area (Å²) >= 11 is 3.47. The normalized spacial score (nSPS) is 20.8. The van der Waals surface area contributed by atoms with E-state index in [0.29, 0.717) is 4.47 Å². The van der Waals surface area contributed by atoms with Gasteiger partial charge in [-0.3, -0.25) is 0 Å². The number of piperidine rings is 1. The molecule has 0 saturated carbocycles. The van der Waals surface area contributed by atoms with Crippen molar-refractivity contribution in [1.29, 1.82) is 0 Å². The first-order valence-electron chi connectivity index (χ1n) is 11.0. The lowest BCUT2D eigenvalue weighted by Crippen LogP contribution is -2.53. The zero-order chi connectivity index (χ0) is 23.9. The summed E-state index contributed by atoms with van der Waals surface area (Å²) in [4.78, 5) is 12.4. The molecule has 0 unspecified atom stereocenters. The molecule has 0 amide bonds. The van der Waals surface area contributed by atoms with Gasteiger partial charge in [-0.25, -0.2) is 9.37 Å². The molecule has 2 aromatic carbocycles. The van der Waals surface area contributed by atoms with Gasteiger partial charge in [-0.2, -0.15) is 0 Å². The second kappa shape index (κ2) is 8.88. The van der Waals surface area contributed by atoms with E-state index in [2.05, 4.69) is 37.0 Å². The van der Waals surface area contributed by atoms with Crippen LogP contribution < -0.4 is 10.5 Å². The molecule has 9 heteroatoms. The number of aryl methyl sites for hydroxylation is 1. The topological polar surface area (TPSA) is 77.9 Å². The minimum atomic E-state index is -0.984. The van der Waals surface area contributed by atoms with Crippen LogP contribution in [0.25, 0.3) is 11.8 Å². The molecule has 2 N–H and O–H groups in total. The van der Waals surface area contributed by atoms with Crippen molar-refractivity contribution in [1.82, 2.24) is 14.5 Å². The average Bonchev–Trinajstić information content (AvgIpc) is 3.44. The molecule has 1 fully saturated rings. The van der Waals surface area contributed by atoms with Crippen molar-refractivity contribution in [2.45, 2.75) is 25.5 Å². The maximum atomic E-state index is 13.7. The van der Waals surface area contributed by atoms with E-state index in [1.165, 1.54) is 12.1 Å². The highest BCUT2D eigenvalue weighted by molar-refractivity contribution is 9.10. The molecule has 0 aliphatic carbocycles. The minimum Gasteiger partial charge on any atom is -0.495 e. The Morgan fingerprint density at radius 3 is 2.85 bits per heavy atom. The van der Waals surface area contributed by atoms with Gasteiger partial charge in [-0.15, -0.1) is 0 Å². The monoisotopic (exact) mass is 525 g/mol. The summed E-state index contributed by atoms with van der Waals surface area (Å²) in [5.41, 5.74) is 9.88. The number of benzene rings is 2. The van der Waals surface area contributed by atoms with Gasteiger partial charge in [0.05, 0.1) is 31.4 Å². The van der Waals surface area contributed by atoms with E-state index in [4.69, 9.17) is 15.3 Å². The highest BCUT2D eigenvalue weighted by Gasteiger charge is 2.49. The Bertz CT molecular complexity index is 1300. The number of nitrogens with zero attached hydrogens (tertiary/aromatic N) is 4. The molecular formula is C25H25BrFN5O2. The molecule has 0 radical (unpaired) electrons. The molecule has 176 valence electrons. The Labute approximate surface area is 205 Å². The first-order chi connectivity index (χ1) is 16.4. The number of fused-ring (bicyclic) bond motifs is 1. The van der Waals surface area contributed by atoms with Gasteiger partial charge >= 0.3 is 0 Å². The van der Waals surface area contributed by atoms with Crippen molar-refractivity contribution in [3.63, 3.8) is 0 Å². The number of nitrogens with two attached hydrogens (primary N) is 1. The number of hydrogen-bond donors (Lipinski definition) is 1. The third kappa shape index (κ3) is 3.78. The predicted molar refractivity (Wildman–Crippen MR) is 132 cm³/mol. The summed E-state index contributed by atoms with van der Waals surface area (Å²) in [6.45, 7) is 2.86. The van der Waals surface area contributed by atoms with E-state index in [1.54, 1.807) is 19.5 Å². The van der Waals surface area contributed by atoms with E-state index < -0.39 is 5.72 Å². The second-order valence-corrected chi connectivity index (χ2v) is 9.25. The first kappa shape index (κ1) is 22.6. The number of ether oxygens (including phenoxy) is 1. The van der Waals surface area contributed by atoms with Crippen LogP contribution in [0.3, 0.4) is 0 Å². The van der Waals surface area contributed by atoms with Crippen LogP contribution in [0.5, 0.6) is 5.75 Å². The number of methoxy groups -OCH3 is 1. The van der Waals surface area contributed by atoms with Crippen molar-refractivity contribution in [3.8, 4) is 11.4 Å². The van der Waals surface area contributed by atoms with Gasteiger partial charge in [-0.05, 0) is 67.3 Å². The molecule has 34 heavy (non-hydrogen) atoms. The van der Waals surface area contributed by atoms with Crippen molar-refractivity contribution in [2.75, 3.05) is 20.2 Å². The summed E-state index contributed by atoms with van der Waals surface area (Å²) in [5, 5.41) is 4.45. The van der Waals surface area contributed by atoms with E-state index >= 15 is 0 Å². The Kier molecular flexibility index (Phi) is 5.91. The molecule has 1 atom stereocenters. The lowest BCUT2D eigenvalue weighted by molar-refractivity contribution is -0.0993. The summed E-state index contributed by atoms with van der Waals surface area (Å²) in [5.74, 6) is 1.17. The maximum Gasteiger partial charge on any atom is 0.250 e. The van der Waals surface area contributed by atoms with Gasteiger partial charge < -0.3 is 24.8 Å². The van der Waals surface area contributed by atoms with Crippen LogP contribution in [-0.4, -0.2) is 40.5 Å². The van der Waals surface area contributed by atoms with Crippen molar-refractivity contribution < 1.29 is 14.0 Å². The third-order valence-corrected chi connectivity index (χ3v) is 6.91. The van der Waals surface area contributed by atoms with Crippen molar-refractivity contribution in [2.24, 2.45) is 10.9 Å². The maximum absolute atomic E-state index is 13.7. The first-order valence-corrected chi connectivity index (χ1v) is 11.8. The number of aromatic nitrogens is 2. The minimum absolute atomic E-state index is 0.171. The molecule has 2 aliphatic heterocycles. The molecule has 1 aromatic heterocycles. The molecule has 5 rings (SSSR count). The van der Waals surface area contributed by atoms with Gasteiger partial charge in [0.2, 0.25) is 0 Å². The molecule has 7 nitrogen and oxygen atoms in total. The summed E-state index contributed by atoms with van der Waals surface area (Å²) in [7, 11) is 1.66. The Morgan fingerprint density at radius 1 is 1.29 bits per heavy atom. The SMILES string of the molecule is COc1cc(C=C2CCCN3C2=NO[C@@]3(CN)c2ccc(F)cc2Br)ccc1-n1cnc(C)c1. The molecule has 0 spiro atoms. The highest BCUT2D eigenvalue weighted by Crippen LogP contribution is 2.42.